The van der Waals surface area contributed by atoms with Gasteiger partial charge in [0.25, 0.3) is 0 Å². The van der Waals surface area contributed by atoms with E-state index in [4.69, 9.17) is 0 Å². The van der Waals surface area contributed by atoms with Crippen molar-refractivity contribution < 1.29 is 0 Å². The Hall–Kier alpha value is 0.636. The molecule has 0 aromatic heterocycles. The van der Waals surface area contributed by atoms with Crippen LogP contribution >= 0.6 is 0 Å². The third-order valence-corrected chi connectivity index (χ3v) is 4.96. The van der Waals surface area contributed by atoms with Gasteiger partial charge in [0.05, 0.1) is 0 Å². The van der Waals surface area contributed by atoms with E-state index in [0.29, 0.717) is 0 Å². The molecule has 1 heteroatoms. The summed E-state index contributed by atoms with van der Waals surface area (Å²) in [6.45, 7) is 14.3. The van der Waals surface area contributed by atoms with Crippen molar-refractivity contribution in [2.24, 2.45) is 23.7 Å². The maximum atomic E-state index is 2.46. The van der Waals surface area contributed by atoms with Gasteiger partial charge in [0.1, 0.15) is 0 Å². The monoisotopic (exact) mass is 354 g/mol. The van der Waals surface area contributed by atoms with Crippen molar-refractivity contribution in [1.29, 1.82) is 0 Å². The Morgan fingerprint density at radius 1 is 0.524 bits per heavy atom. The molecule has 0 bridgehead atoms. The summed E-state index contributed by atoms with van der Waals surface area (Å²) in [5.74, 6) is 3.71. The molecule has 0 nitrogen and oxygen atoms in total. The molecule has 0 aliphatic rings. The zero-order valence-electron chi connectivity index (χ0n) is 15.4. The summed E-state index contributed by atoms with van der Waals surface area (Å²) in [4.78, 5) is 0. The van der Waals surface area contributed by atoms with Gasteiger partial charge in [-0.25, -0.2) is 0 Å². The van der Waals surface area contributed by atoms with Gasteiger partial charge in [0.15, 0.2) is 0 Å². The van der Waals surface area contributed by atoms with Crippen LogP contribution in [0.1, 0.15) is 106 Å². The Morgan fingerprint density at radius 3 is 1.19 bits per heavy atom. The van der Waals surface area contributed by atoms with Crippen LogP contribution in [0.5, 0.6) is 0 Å². The minimum absolute atomic E-state index is 0. The van der Waals surface area contributed by atoms with Crippen LogP contribution in [0.3, 0.4) is 0 Å². The molecule has 128 valence electrons. The van der Waals surface area contributed by atoms with E-state index in [9.17, 15) is 0 Å². The molecule has 3 atom stereocenters. The van der Waals surface area contributed by atoms with Crippen LogP contribution in [0.15, 0.2) is 0 Å². The average molecular weight is 355 g/mol. The first-order chi connectivity index (χ1) is 9.45. The van der Waals surface area contributed by atoms with Crippen molar-refractivity contribution in [3.8, 4) is 0 Å². The Morgan fingerprint density at radius 2 is 0.857 bits per heavy atom. The average Bonchev–Trinajstić information content (AvgIpc) is 2.38. The zero-order chi connectivity index (χ0) is 15.4. The zero-order valence-corrected chi connectivity index (χ0v) is 15.4. The van der Waals surface area contributed by atoms with E-state index in [1.54, 1.807) is 0 Å². The van der Waals surface area contributed by atoms with Gasteiger partial charge in [-0.3, -0.25) is 0 Å². The predicted octanol–water partition coefficient (Wildman–Crippen LogP) is 6.29. The molecular formula is C20H45Ga. The van der Waals surface area contributed by atoms with Crippen molar-refractivity contribution in [3.05, 3.63) is 0 Å². The van der Waals surface area contributed by atoms with Crippen LogP contribution < -0.4 is 0 Å². The second-order valence-corrected chi connectivity index (χ2v) is 7.91. The molecule has 0 N–H and O–H groups in total. The van der Waals surface area contributed by atoms with Crippen LogP contribution in [-0.2, 0) is 0 Å². The van der Waals surface area contributed by atoms with Crippen molar-refractivity contribution in [2.75, 3.05) is 0 Å². The molecule has 0 fully saturated rings. The van der Waals surface area contributed by atoms with Gasteiger partial charge in [-0.1, -0.05) is 106 Å². The normalized spacial score (nSPS) is 15.6. The number of rotatable bonds is 13. The standard InChI is InChI=1S/C20H42.Ga.3H/c1-7-18(4)12-9-14-20(6)16-10-15-19(5)13-8-11-17(2)3;;;;/h17-20H,7-16H2,1-6H3;;;;. The van der Waals surface area contributed by atoms with Crippen LogP contribution in [0, 0.1) is 23.7 Å². The van der Waals surface area contributed by atoms with Gasteiger partial charge in [-0.05, 0) is 23.7 Å². The van der Waals surface area contributed by atoms with E-state index in [1.165, 1.54) is 64.2 Å². The first-order valence-corrected chi connectivity index (χ1v) is 9.45. The molecule has 0 saturated carbocycles. The quantitative estimate of drug-likeness (QED) is 0.341. The topological polar surface area (TPSA) is 0 Å². The first kappa shape index (κ1) is 23.9. The van der Waals surface area contributed by atoms with E-state index in [2.05, 4.69) is 41.5 Å². The SMILES string of the molecule is CCC(C)CCCC(C)CCCC(C)CCCC(C)C.[GaH3]. The summed E-state index contributed by atoms with van der Waals surface area (Å²) in [7, 11) is 0. The molecule has 0 aromatic carbocycles. The van der Waals surface area contributed by atoms with E-state index in [1.807, 2.05) is 0 Å². The fourth-order valence-corrected chi connectivity index (χ4v) is 3.00. The summed E-state index contributed by atoms with van der Waals surface area (Å²) in [5, 5.41) is 0. The van der Waals surface area contributed by atoms with Crippen molar-refractivity contribution in [1.82, 2.24) is 0 Å². The molecule has 0 heterocycles. The van der Waals surface area contributed by atoms with Gasteiger partial charge in [0, 0.05) is 0 Å². The summed E-state index contributed by atoms with van der Waals surface area (Å²) >= 11 is 0. The molecule has 0 saturated heterocycles. The Labute approximate surface area is 149 Å². The summed E-state index contributed by atoms with van der Waals surface area (Å²) in [6.07, 6.45) is 14.3. The van der Waals surface area contributed by atoms with Gasteiger partial charge in [-0.15, -0.1) is 0 Å². The Kier molecular flexibility index (Phi) is 17.7. The second-order valence-electron chi connectivity index (χ2n) is 7.91. The fourth-order valence-electron chi connectivity index (χ4n) is 3.00. The molecule has 0 aromatic rings. The van der Waals surface area contributed by atoms with E-state index >= 15 is 0 Å². The summed E-state index contributed by atoms with van der Waals surface area (Å²) < 4.78 is 0. The van der Waals surface area contributed by atoms with Gasteiger partial charge >= 0.3 is 19.8 Å². The number of hydrogen-bond donors (Lipinski definition) is 0. The van der Waals surface area contributed by atoms with Crippen molar-refractivity contribution >= 4 is 19.8 Å². The number of hydrogen-bond acceptors (Lipinski definition) is 0. The molecule has 21 heavy (non-hydrogen) atoms. The molecule has 0 aliphatic carbocycles. The van der Waals surface area contributed by atoms with Gasteiger partial charge < -0.3 is 0 Å². The predicted molar refractivity (Wildman–Crippen MR) is 104 cm³/mol. The van der Waals surface area contributed by atoms with Gasteiger partial charge in [-0.2, -0.15) is 0 Å². The van der Waals surface area contributed by atoms with Crippen LogP contribution in [-0.4, -0.2) is 19.8 Å². The van der Waals surface area contributed by atoms with Crippen molar-refractivity contribution in [3.63, 3.8) is 0 Å². The maximum absolute atomic E-state index is 2.46. The first-order valence-electron chi connectivity index (χ1n) is 9.45. The molecule has 3 unspecified atom stereocenters. The molecule has 0 aliphatic heterocycles. The molecule has 0 rings (SSSR count). The minimum atomic E-state index is 0. The molecule has 0 amide bonds. The molecule has 0 spiro atoms. The third kappa shape index (κ3) is 16.8. The van der Waals surface area contributed by atoms with Crippen LogP contribution in [0.25, 0.3) is 0 Å². The Bertz CT molecular complexity index is 200. The molecular weight excluding hydrogens is 310 g/mol. The van der Waals surface area contributed by atoms with Crippen molar-refractivity contribution in [2.45, 2.75) is 106 Å². The van der Waals surface area contributed by atoms with Crippen LogP contribution in [0.2, 0.25) is 0 Å². The summed E-state index contributed by atoms with van der Waals surface area (Å²) in [6, 6.07) is 0. The van der Waals surface area contributed by atoms with Gasteiger partial charge in [0.2, 0.25) is 0 Å². The third-order valence-electron chi connectivity index (χ3n) is 4.96. The van der Waals surface area contributed by atoms with E-state index < -0.39 is 0 Å². The molecule has 0 radical (unpaired) electrons. The summed E-state index contributed by atoms with van der Waals surface area (Å²) in [5.41, 5.74) is 0. The second kappa shape index (κ2) is 15.5. The fraction of sp³-hybridized carbons (Fsp3) is 1.00. The van der Waals surface area contributed by atoms with E-state index in [0.717, 1.165) is 23.7 Å². The van der Waals surface area contributed by atoms with E-state index in [-0.39, 0.29) is 19.8 Å². The van der Waals surface area contributed by atoms with Crippen LogP contribution in [0.4, 0.5) is 0 Å². The Balaban J connectivity index is 0.